The van der Waals surface area contributed by atoms with Crippen LogP contribution in [-0.2, 0) is 7.05 Å². The quantitative estimate of drug-likeness (QED) is 0.225. The van der Waals surface area contributed by atoms with E-state index in [9.17, 15) is 14.4 Å². The van der Waals surface area contributed by atoms with Crippen LogP contribution in [-0.4, -0.2) is 86.4 Å². The number of nitrogens with zero attached hydrogens (tertiary/aromatic N) is 8. The standard InChI is InChI=1S/C35H34ClF2N9O2S/c1-18(24-5-4-12-44(24)2)49-34-42-29-20(15-22(36)27(28(29)38)19-6-7-23(37)30-26(19)21(16-39)31(40)50-30)32(43-34)46-13-9-35(17-46)10-14-47(35)33(48)25-8-11-41-45(25)3/h6-8,11,15,18,24H,4-5,9-10,12-14,17,40H2,1-3H3/t18-,24?,35?/m0/s1. The van der Waals surface area contributed by atoms with Crippen molar-refractivity contribution in [1.82, 2.24) is 29.5 Å². The average molecular weight is 718 g/mol. The summed E-state index contributed by atoms with van der Waals surface area (Å²) < 4.78 is 40.1. The third kappa shape index (κ3) is 4.97. The van der Waals surface area contributed by atoms with E-state index in [1.54, 1.807) is 30.1 Å². The Labute approximate surface area is 295 Å². The number of benzene rings is 2. The Morgan fingerprint density at radius 3 is 2.68 bits per heavy atom. The number of fused-ring (bicyclic) bond motifs is 2. The Kier molecular flexibility index (Phi) is 7.85. The molecule has 0 aliphatic carbocycles. The summed E-state index contributed by atoms with van der Waals surface area (Å²) in [7, 11) is 3.80. The van der Waals surface area contributed by atoms with Crippen LogP contribution in [0.1, 0.15) is 48.7 Å². The van der Waals surface area contributed by atoms with Crippen LogP contribution < -0.4 is 15.4 Å². The van der Waals surface area contributed by atoms with Gasteiger partial charge in [-0.15, -0.1) is 11.3 Å². The molecule has 15 heteroatoms. The highest BCUT2D eigenvalue weighted by atomic mass is 35.5. The smallest absolute Gasteiger partial charge is 0.319 e. The van der Waals surface area contributed by atoms with Gasteiger partial charge in [-0.3, -0.25) is 14.4 Å². The Morgan fingerprint density at radius 2 is 2.00 bits per heavy atom. The number of aromatic nitrogens is 4. The Balaban J connectivity index is 1.25. The highest BCUT2D eigenvalue weighted by Gasteiger charge is 2.52. The van der Waals surface area contributed by atoms with E-state index in [4.69, 9.17) is 27.1 Å². The fourth-order valence-corrected chi connectivity index (χ4v) is 9.27. The molecular formula is C35H34ClF2N9O2S. The number of thiophene rings is 1. The van der Waals surface area contributed by atoms with Crippen molar-refractivity contribution in [1.29, 1.82) is 5.26 Å². The molecule has 1 amide bonds. The number of carbonyl (C=O) groups excluding carboxylic acids is 1. The first-order chi connectivity index (χ1) is 24.0. The van der Waals surface area contributed by atoms with E-state index in [0.717, 1.165) is 37.1 Å². The molecule has 3 aliphatic rings. The molecule has 2 aromatic carbocycles. The highest BCUT2D eigenvalue weighted by Crippen LogP contribution is 2.47. The summed E-state index contributed by atoms with van der Waals surface area (Å²) in [6.07, 6.45) is 4.83. The summed E-state index contributed by atoms with van der Waals surface area (Å²) in [6.45, 7) is 4.57. The number of ether oxygens (including phenoxy) is 1. The topological polar surface area (TPSA) is 129 Å². The molecule has 50 heavy (non-hydrogen) atoms. The Bertz CT molecular complexity index is 2250. The molecule has 3 fully saturated rings. The lowest BCUT2D eigenvalue weighted by Crippen LogP contribution is -2.63. The van der Waals surface area contributed by atoms with Crippen molar-refractivity contribution in [3.8, 4) is 23.2 Å². The molecular weight excluding hydrogens is 684 g/mol. The molecule has 2 unspecified atom stereocenters. The van der Waals surface area contributed by atoms with Gasteiger partial charge in [-0.2, -0.15) is 20.3 Å². The molecule has 11 nitrogen and oxygen atoms in total. The number of hydrogen-bond acceptors (Lipinski definition) is 10. The van der Waals surface area contributed by atoms with Gasteiger partial charge in [0.15, 0.2) is 5.82 Å². The molecule has 1 spiro atoms. The van der Waals surface area contributed by atoms with Crippen LogP contribution in [0.5, 0.6) is 6.01 Å². The summed E-state index contributed by atoms with van der Waals surface area (Å²) in [5.41, 5.74) is 6.43. The van der Waals surface area contributed by atoms with E-state index >= 15 is 4.39 Å². The zero-order valence-corrected chi connectivity index (χ0v) is 29.3. The third-order valence-electron chi connectivity index (χ3n) is 10.7. The maximum Gasteiger partial charge on any atom is 0.319 e. The first-order valence-corrected chi connectivity index (χ1v) is 17.7. The first kappa shape index (κ1) is 32.6. The molecule has 2 N–H and O–H groups in total. The van der Waals surface area contributed by atoms with E-state index in [2.05, 4.69) is 22.0 Å². The Morgan fingerprint density at radius 1 is 1.20 bits per heavy atom. The van der Waals surface area contributed by atoms with Gasteiger partial charge in [-0.25, -0.2) is 8.78 Å². The van der Waals surface area contributed by atoms with Gasteiger partial charge in [-0.1, -0.05) is 17.7 Å². The van der Waals surface area contributed by atoms with Crippen molar-refractivity contribution >= 4 is 60.7 Å². The summed E-state index contributed by atoms with van der Waals surface area (Å²) in [4.78, 5) is 29.2. The maximum absolute atomic E-state index is 17.1. The summed E-state index contributed by atoms with van der Waals surface area (Å²) in [6, 6.07) is 8.16. The number of halogens is 3. The number of amides is 1. The number of nitrogen functional groups attached to an aromatic ring is 1. The summed E-state index contributed by atoms with van der Waals surface area (Å²) in [5, 5.41) is 14.8. The molecule has 0 radical (unpaired) electrons. The Hall–Kier alpha value is -4.58. The van der Waals surface area contributed by atoms with Crippen LogP contribution >= 0.6 is 22.9 Å². The minimum atomic E-state index is -0.751. The fraction of sp³-hybridized carbons (Fsp3) is 0.400. The van der Waals surface area contributed by atoms with Gasteiger partial charge in [0.2, 0.25) is 0 Å². The number of nitriles is 1. The molecule has 6 heterocycles. The van der Waals surface area contributed by atoms with Crippen LogP contribution in [0.3, 0.4) is 0 Å². The van der Waals surface area contributed by atoms with E-state index in [0.29, 0.717) is 43.0 Å². The molecule has 0 saturated carbocycles. The lowest BCUT2D eigenvalue weighted by atomic mass is 9.83. The molecule has 3 aromatic heterocycles. The maximum atomic E-state index is 17.1. The second kappa shape index (κ2) is 12.0. The molecule has 3 atom stereocenters. The van der Waals surface area contributed by atoms with Crippen molar-refractivity contribution in [2.75, 3.05) is 43.9 Å². The highest BCUT2D eigenvalue weighted by molar-refractivity contribution is 7.23. The first-order valence-electron chi connectivity index (χ1n) is 16.5. The second-order valence-electron chi connectivity index (χ2n) is 13.5. The van der Waals surface area contributed by atoms with E-state index in [1.807, 2.05) is 22.8 Å². The lowest BCUT2D eigenvalue weighted by molar-refractivity contribution is 0.00729. The van der Waals surface area contributed by atoms with Gasteiger partial charge in [0.25, 0.3) is 5.91 Å². The number of nitrogens with two attached hydrogens (primary N) is 1. The lowest BCUT2D eigenvalue weighted by Gasteiger charge is -2.50. The number of likely N-dealkylation sites (tertiary alicyclic amines) is 2. The van der Waals surface area contributed by atoms with Crippen LogP contribution in [0.2, 0.25) is 5.02 Å². The number of aryl methyl sites for hydroxylation is 1. The minimum Gasteiger partial charge on any atom is -0.459 e. The van der Waals surface area contributed by atoms with Gasteiger partial charge in [0.1, 0.15) is 40.0 Å². The largest absolute Gasteiger partial charge is 0.459 e. The monoisotopic (exact) mass is 717 g/mol. The second-order valence-corrected chi connectivity index (χ2v) is 14.9. The van der Waals surface area contributed by atoms with E-state index in [1.165, 1.54) is 12.1 Å². The predicted molar refractivity (Wildman–Crippen MR) is 189 cm³/mol. The predicted octanol–water partition coefficient (Wildman–Crippen LogP) is 5.99. The normalized spacial score (nSPS) is 21.3. The van der Waals surface area contributed by atoms with Crippen molar-refractivity contribution < 1.29 is 18.3 Å². The number of carbonyl (C=O) groups is 1. The van der Waals surface area contributed by atoms with Crippen molar-refractivity contribution in [2.24, 2.45) is 7.05 Å². The number of likely N-dealkylation sites (N-methyl/N-ethyl adjacent to an activating group) is 1. The van der Waals surface area contributed by atoms with Gasteiger partial charge in [-0.05, 0) is 70.0 Å². The van der Waals surface area contributed by atoms with Crippen LogP contribution in [0.25, 0.3) is 32.1 Å². The number of hydrogen-bond donors (Lipinski definition) is 1. The zero-order valence-electron chi connectivity index (χ0n) is 27.7. The van der Waals surface area contributed by atoms with Crippen LogP contribution in [0.15, 0.2) is 30.5 Å². The molecule has 5 aromatic rings. The molecule has 3 aliphatic heterocycles. The third-order valence-corrected chi connectivity index (χ3v) is 12.1. The SMILES string of the molecule is C[C@H](Oc1nc(N2CCC3(CCN3C(=O)c3ccnn3C)C2)c2cc(Cl)c(-c3ccc(F)c4sc(N)c(C#N)c34)c(F)c2n1)C1CCCN1C. The van der Waals surface area contributed by atoms with Crippen molar-refractivity contribution in [3.63, 3.8) is 0 Å². The summed E-state index contributed by atoms with van der Waals surface area (Å²) >= 11 is 7.83. The molecule has 0 bridgehead atoms. The number of anilines is 2. The van der Waals surface area contributed by atoms with E-state index < -0.39 is 17.2 Å². The molecule has 3 saturated heterocycles. The molecule has 258 valence electrons. The molecule has 8 rings (SSSR count). The zero-order chi connectivity index (χ0) is 35.1. The number of rotatable bonds is 6. The van der Waals surface area contributed by atoms with E-state index in [-0.39, 0.29) is 66.4 Å². The van der Waals surface area contributed by atoms with Gasteiger partial charge < -0.3 is 20.3 Å². The van der Waals surface area contributed by atoms with Gasteiger partial charge in [0.05, 0.1) is 20.8 Å². The minimum absolute atomic E-state index is 0.0200. The van der Waals surface area contributed by atoms with Crippen LogP contribution in [0.4, 0.5) is 19.6 Å². The summed E-state index contributed by atoms with van der Waals surface area (Å²) in [5.74, 6) is -0.957. The fourth-order valence-electron chi connectivity index (χ4n) is 8.02. The van der Waals surface area contributed by atoms with Crippen molar-refractivity contribution in [3.05, 3.63) is 58.4 Å². The van der Waals surface area contributed by atoms with Crippen LogP contribution in [0, 0.1) is 23.0 Å². The van der Waals surface area contributed by atoms with Gasteiger partial charge >= 0.3 is 6.01 Å². The average Bonchev–Trinajstić information content (AvgIpc) is 3.88. The van der Waals surface area contributed by atoms with Crippen molar-refractivity contribution in [2.45, 2.75) is 50.3 Å². The van der Waals surface area contributed by atoms with Gasteiger partial charge in [0, 0.05) is 55.3 Å².